The first-order chi connectivity index (χ1) is 10.6. The first-order valence-electron chi connectivity index (χ1n) is 7.83. The zero-order chi connectivity index (χ0) is 15.9. The molecule has 0 radical (unpaired) electrons. The van der Waals surface area contributed by atoms with Crippen molar-refractivity contribution in [2.75, 3.05) is 20.3 Å². The Morgan fingerprint density at radius 2 is 2.23 bits per heavy atom. The number of phenolic OH excluding ortho intramolecular Hbond substituents is 1. The molecule has 2 unspecified atom stereocenters. The molecule has 1 fully saturated rings. The van der Waals surface area contributed by atoms with Crippen molar-refractivity contribution < 1.29 is 19.4 Å². The number of benzene rings is 1. The zero-order valence-corrected chi connectivity index (χ0v) is 13.3. The highest BCUT2D eigenvalue weighted by atomic mass is 16.5. The van der Waals surface area contributed by atoms with Gasteiger partial charge in [0.25, 0.3) is 5.91 Å². The van der Waals surface area contributed by atoms with Crippen molar-refractivity contribution in [1.29, 1.82) is 0 Å². The van der Waals surface area contributed by atoms with Gasteiger partial charge >= 0.3 is 0 Å². The fourth-order valence-electron chi connectivity index (χ4n) is 2.55. The van der Waals surface area contributed by atoms with Crippen LogP contribution in [0, 0.1) is 0 Å². The summed E-state index contributed by atoms with van der Waals surface area (Å²) in [6, 6.07) is 7.03. The molecule has 1 amide bonds. The fraction of sp³-hybridized carbons (Fsp3) is 0.588. The van der Waals surface area contributed by atoms with Crippen LogP contribution in [0.3, 0.4) is 0 Å². The molecule has 2 rings (SSSR count). The minimum atomic E-state index is -0.513. The SMILES string of the molecule is CC(OCC1CCCCO1)C(=O)N(C)Cc1ccccc1O. The molecule has 1 N–H and O–H groups in total. The summed E-state index contributed by atoms with van der Waals surface area (Å²) in [7, 11) is 1.71. The van der Waals surface area contributed by atoms with Crippen LogP contribution >= 0.6 is 0 Å². The quantitative estimate of drug-likeness (QED) is 0.876. The minimum absolute atomic E-state index is 0.0981. The van der Waals surface area contributed by atoms with Gasteiger partial charge in [-0.1, -0.05) is 18.2 Å². The largest absolute Gasteiger partial charge is 0.508 e. The molecular formula is C17H25NO4. The molecule has 0 aromatic heterocycles. The van der Waals surface area contributed by atoms with Crippen molar-refractivity contribution in [1.82, 2.24) is 4.90 Å². The van der Waals surface area contributed by atoms with Crippen LogP contribution in [-0.2, 0) is 20.8 Å². The Bertz CT molecular complexity index is 485. The lowest BCUT2D eigenvalue weighted by Crippen LogP contribution is -2.37. The van der Waals surface area contributed by atoms with Crippen LogP contribution in [0.2, 0.25) is 0 Å². The number of carbonyl (C=O) groups is 1. The van der Waals surface area contributed by atoms with Crippen molar-refractivity contribution in [3.63, 3.8) is 0 Å². The van der Waals surface area contributed by atoms with E-state index in [0.717, 1.165) is 31.4 Å². The molecule has 1 heterocycles. The van der Waals surface area contributed by atoms with E-state index in [9.17, 15) is 9.90 Å². The molecule has 2 atom stereocenters. The van der Waals surface area contributed by atoms with Crippen LogP contribution in [0.1, 0.15) is 31.7 Å². The predicted octanol–water partition coefficient (Wildman–Crippen LogP) is 2.32. The smallest absolute Gasteiger partial charge is 0.251 e. The van der Waals surface area contributed by atoms with E-state index in [1.165, 1.54) is 0 Å². The van der Waals surface area contributed by atoms with Crippen LogP contribution < -0.4 is 0 Å². The Hall–Kier alpha value is -1.59. The Morgan fingerprint density at radius 3 is 2.91 bits per heavy atom. The summed E-state index contributed by atoms with van der Waals surface area (Å²) in [5, 5.41) is 9.77. The van der Waals surface area contributed by atoms with Crippen molar-refractivity contribution in [3.8, 4) is 5.75 Å². The van der Waals surface area contributed by atoms with Crippen molar-refractivity contribution in [3.05, 3.63) is 29.8 Å². The summed E-state index contributed by atoms with van der Waals surface area (Å²) in [6.07, 6.45) is 2.85. The van der Waals surface area contributed by atoms with Gasteiger partial charge in [-0.3, -0.25) is 4.79 Å². The van der Waals surface area contributed by atoms with Gasteiger partial charge in [0.05, 0.1) is 12.7 Å². The van der Waals surface area contributed by atoms with Gasteiger partial charge in [0.2, 0.25) is 0 Å². The monoisotopic (exact) mass is 307 g/mol. The van der Waals surface area contributed by atoms with Gasteiger partial charge in [-0.05, 0) is 32.3 Å². The number of rotatable bonds is 6. The second kappa shape index (κ2) is 8.15. The number of hydrogen-bond acceptors (Lipinski definition) is 4. The highest BCUT2D eigenvalue weighted by molar-refractivity contribution is 5.80. The standard InChI is InChI=1S/C17H25NO4/c1-13(22-12-15-8-5-6-10-21-15)17(20)18(2)11-14-7-3-4-9-16(14)19/h3-4,7,9,13,15,19H,5-6,8,10-12H2,1-2H3. The molecule has 122 valence electrons. The molecule has 1 aromatic rings. The summed E-state index contributed by atoms with van der Waals surface area (Å²) < 4.78 is 11.3. The molecule has 1 saturated heterocycles. The number of amides is 1. The average molecular weight is 307 g/mol. The second-order valence-corrected chi connectivity index (χ2v) is 5.79. The van der Waals surface area contributed by atoms with Crippen LogP contribution in [0.15, 0.2) is 24.3 Å². The zero-order valence-electron chi connectivity index (χ0n) is 13.3. The van der Waals surface area contributed by atoms with E-state index in [1.807, 2.05) is 6.07 Å². The summed E-state index contributed by atoms with van der Waals surface area (Å²) in [5.41, 5.74) is 0.723. The molecule has 1 aromatic carbocycles. The number of phenols is 1. The maximum absolute atomic E-state index is 12.3. The lowest BCUT2D eigenvalue weighted by Gasteiger charge is -2.26. The van der Waals surface area contributed by atoms with E-state index < -0.39 is 6.10 Å². The topological polar surface area (TPSA) is 59.0 Å². The van der Waals surface area contributed by atoms with Gasteiger partial charge in [0.1, 0.15) is 11.9 Å². The summed E-state index contributed by atoms with van der Waals surface area (Å²) in [5.74, 6) is 0.102. The molecule has 22 heavy (non-hydrogen) atoms. The van der Waals surface area contributed by atoms with Gasteiger partial charge in [-0.25, -0.2) is 0 Å². The van der Waals surface area contributed by atoms with E-state index in [2.05, 4.69) is 0 Å². The Labute approximate surface area is 131 Å². The third kappa shape index (κ3) is 4.71. The molecule has 1 aliphatic heterocycles. The van der Waals surface area contributed by atoms with Gasteiger partial charge in [-0.2, -0.15) is 0 Å². The second-order valence-electron chi connectivity index (χ2n) is 5.79. The van der Waals surface area contributed by atoms with E-state index in [-0.39, 0.29) is 17.8 Å². The van der Waals surface area contributed by atoms with Gasteiger partial charge in [0, 0.05) is 25.8 Å². The van der Waals surface area contributed by atoms with Crippen molar-refractivity contribution in [2.24, 2.45) is 0 Å². The lowest BCUT2D eigenvalue weighted by molar-refractivity contribution is -0.145. The number of ether oxygens (including phenoxy) is 2. The number of aromatic hydroxyl groups is 1. The number of likely N-dealkylation sites (N-methyl/N-ethyl adjacent to an activating group) is 1. The number of nitrogens with zero attached hydrogens (tertiary/aromatic N) is 1. The van der Waals surface area contributed by atoms with E-state index in [0.29, 0.717) is 13.2 Å². The molecule has 0 aliphatic carbocycles. The lowest BCUT2D eigenvalue weighted by atomic mass is 10.1. The highest BCUT2D eigenvalue weighted by Crippen LogP contribution is 2.18. The van der Waals surface area contributed by atoms with Crippen molar-refractivity contribution in [2.45, 2.75) is 44.9 Å². The Kier molecular flexibility index (Phi) is 6.21. The van der Waals surface area contributed by atoms with E-state index in [4.69, 9.17) is 9.47 Å². The van der Waals surface area contributed by atoms with E-state index >= 15 is 0 Å². The first-order valence-corrected chi connectivity index (χ1v) is 7.83. The highest BCUT2D eigenvalue weighted by Gasteiger charge is 2.21. The van der Waals surface area contributed by atoms with Gasteiger partial charge in [-0.15, -0.1) is 0 Å². The molecule has 0 saturated carbocycles. The van der Waals surface area contributed by atoms with Crippen LogP contribution in [-0.4, -0.2) is 48.4 Å². The Morgan fingerprint density at radius 1 is 1.45 bits per heavy atom. The molecule has 5 heteroatoms. The molecule has 0 bridgehead atoms. The van der Waals surface area contributed by atoms with Gasteiger partial charge in [0.15, 0.2) is 0 Å². The van der Waals surface area contributed by atoms with Crippen molar-refractivity contribution >= 4 is 5.91 Å². The van der Waals surface area contributed by atoms with Gasteiger partial charge < -0.3 is 19.5 Å². The third-order valence-electron chi connectivity index (χ3n) is 3.93. The van der Waals surface area contributed by atoms with Crippen LogP contribution in [0.5, 0.6) is 5.75 Å². The molecular weight excluding hydrogens is 282 g/mol. The normalized spacial score (nSPS) is 19.6. The average Bonchev–Trinajstić information content (AvgIpc) is 2.55. The molecule has 1 aliphatic rings. The van der Waals surface area contributed by atoms with Crippen LogP contribution in [0.25, 0.3) is 0 Å². The van der Waals surface area contributed by atoms with E-state index in [1.54, 1.807) is 37.1 Å². The first kappa shape index (κ1) is 16.8. The molecule has 0 spiro atoms. The maximum atomic E-state index is 12.3. The number of para-hydroxylation sites is 1. The summed E-state index contributed by atoms with van der Waals surface area (Å²) in [4.78, 5) is 13.9. The molecule has 5 nitrogen and oxygen atoms in total. The summed E-state index contributed by atoms with van der Waals surface area (Å²) in [6.45, 7) is 3.35. The fourth-order valence-corrected chi connectivity index (χ4v) is 2.55. The summed E-state index contributed by atoms with van der Waals surface area (Å²) >= 11 is 0. The minimum Gasteiger partial charge on any atom is -0.508 e. The maximum Gasteiger partial charge on any atom is 0.251 e. The Balaban J connectivity index is 1.80. The van der Waals surface area contributed by atoms with Crippen LogP contribution in [0.4, 0.5) is 0 Å². The number of hydrogen-bond donors (Lipinski definition) is 1. The third-order valence-corrected chi connectivity index (χ3v) is 3.93. The number of carbonyl (C=O) groups excluding carboxylic acids is 1. The predicted molar refractivity (Wildman–Crippen MR) is 83.6 cm³/mol.